The summed E-state index contributed by atoms with van der Waals surface area (Å²) in [4.78, 5) is 26.3. The molecule has 0 aliphatic carbocycles. The molecule has 0 aromatic heterocycles. The molecule has 1 N–H and O–H groups in total. The van der Waals surface area contributed by atoms with Crippen molar-refractivity contribution in [2.45, 2.75) is 0 Å². The number of hydrogen-bond donors (Lipinski definition) is 1. The second-order valence-corrected chi connectivity index (χ2v) is 6.38. The molecule has 2 amide bonds. The number of carbonyl (C=O) groups is 2. The number of carbonyl (C=O) groups excluding carboxylic acids is 2. The standard InChI is InChI=1S/C23H18N2O2/c1-16-20-9-5-6-10-21(20)23(27)25(16)15-22(26)24-19-13-11-18(12-14-19)17-7-3-2-4-8-17/h2-14H,1,15H2,(H,24,26). The fourth-order valence-corrected chi connectivity index (χ4v) is 3.22. The molecule has 0 saturated heterocycles. The van der Waals surface area contributed by atoms with Crippen LogP contribution in [0.3, 0.4) is 0 Å². The summed E-state index contributed by atoms with van der Waals surface area (Å²) in [6.07, 6.45) is 0. The van der Waals surface area contributed by atoms with Crippen molar-refractivity contribution in [1.82, 2.24) is 4.90 Å². The van der Waals surface area contributed by atoms with Gasteiger partial charge in [-0.05, 0) is 29.3 Å². The average Bonchev–Trinajstić information content (AvgIpc) is 2.94. The maximum atomic E-state index is 12.5. The summed E-state index contributed by atoms with van der Waals surface area (Å²) in [6, 6.07) is 24.9. The van der Waals surface area contributed by atoms with Crippen molar-refractivity contribution >= 4 is 23.2 Å². The number of amides is 2. The van der Waals surface area contributed by atoms with E-state index >= 15 is 0 Å². The Morgan fingerprint density at radius 2 is 1.41 bits per heavy atom. The third-order valence-corrected chi connectivity index (χ3v) is 4.62. The Balaban J connectivity index is 1.43. The van der Waals surface area contributed by atoms with Crippen molar-refractivity contribution in [1.29, 1.82) is 0 Å². The van der Waals surface area contributed by atoms with Gasteiger partial charge in [0.2, 0.25) is 5.91 Å². The Kier molecular flexibility index (Phi) is 4.30. The molecule has 4 rings (SSSR count). The first-order valence-corrected chi connectivity index (χ1v) is 8.69. The lowest BCUT2D eigenvalue weighted by atomic mass is 10.1. The Hall–Kier alpha value is -3.66. The predicted octanol–water partition coefficient (Wildman–Crippen LogP) is 4.42. The first-order valence-electron chi connectivity index (χ1n) is 8.69. The van der Waals surface area contributed by atoms with Gasteiger partial charge in [-0.3, -0.25) is 14.5 Å². The minimum atomic E-state index is -0.259. The van der Waals surface area contributed by atoms with Gasteiger partial charge < -0.3 is 5.32 Å². The highest BCUT2D eigenvalue weighted by Gasteiger charge is 2.31. The Morgan fingerprint density at radius 3 is 2.07 bits per heavy atom. The number of benzene rings is 3. The van der Waals surface area contributed by atoms with Crippen molar-refractivity contribution in [2.24, 2.45) is 0 Å². The normalized spacial score (nSPS) is 12.8. The Morgan fingerprint density at radius 1 is 0.815 bits per heavy atom. The molecule has 0 spiro atoms. The van der Waals surface area contributed by atoms with Gasteiger partial charge in [-0.2, -0.15) is 0 Å². The maximum absolute atomic E-state index is 12.5. The third-order valence-electron chi connectivity index (χ3n) is 4.62. The number of fused-ring (bicyclic) bond motifs is 1. The summed E-state index contributed by atoms with van der Waals surface area (Å²) >= 11 is 0. The van der Waals surface area contributed by atoms with Crippen LogP contribution in [0, 0.1) is 0 Å². The molecular weight excluding hydrogens is 336 g/mol. The maximum Gasteiger partial charge on any atom is 0.259 e. The zero-order valence-corrected chi connectivity index (χ0v) is 14.7. The largest absolute Gasteiger partial charge is 0.325 e. The van der Waals surface area contributed by atoms with Gasteiger partial charge in [0.15, 0.2) is 0 Å². The van der Waals surface area contributed by atoms with Gasteiger partial charge in [0, 0.05) is 22.5 Å². The topological polar surface area (TPSA) is 49.4 Å². The minimum Gasteiger partial charge on any atom is -0.325 e. The SMILES string of the molecule is C=C1c2ccccc2C(=O)N1CC(=O)Nc1ccc(-c2ccccc2)cc1. The molecule has 0 bridgehead atoms. The van der Waals surface area contributed by atoms with Gasteiger partial charge in [0.05, 0.1) is 0 Å². The second kappa shape index (κ2) is 6.92. The van der Waals surface area contributed by atoms with Crippen molar-refractivity contribution in [3.05, 3.63) is 96.6 Å². The Labute approximate surface area is 157 Å². The molecule has 1 aliphatic rings. The predicted molar refractivity (Wildman–Crippen MR) is 107 cm³/mol. The van der Waals surface area contributed by atoms with Gasteiger partial charge >= 0.3 is 0 Å². The van der Waals surface area contributed by atoms with E-state index < -0.39 is 0 Å². The van der Waals surface area contributed by atoms with Gasteiger partial charge in [0.1, 0.15) is 6.54 Å². The van der Waals surface area contributed by atoms with Crippen molar-refractivity contribution in [3.8, 4) is 11.1 Å². The third kappa shape index (κ3) is 3.25. The van der Waals surface area contributed by atoms with E-state index in [9.17, 15) is 9.59 Å². The lowest BCUT2D eigenvalue weighted by Gasteiger charge is -2.17. The fourth-order valence-electron chi connectivity index (χ4n) is 3.22. The number of rotatable bonds is 4. The molecule has 0 radical (unpaired) electrons. The van der Waals surface area contributed by atoms with E-state index in [0.717, 1.165) is 16.7 Å². The molecule has 27 heavy (non-hydrogen) atoms. The molecule has 3 aromatic carbocycles. The number of anilines is 1. The van der Waals surface area contributed by atoms with Gasteiger partial charge in [-0.1, -0.05) is 67.2 Å². The van der Waals surface area contributed by atoms with Crippen molar-refractivity contribution in [3.63, 3.8) is 0 Å². The highest BCUT2D eigenvalue weighted by Crippen LogP contribution is 2.30. The van der Waals surface area contributed by atoms with Crippen LogP contribution in [0.4, 0.5) is 5.69 Å². The zero-order chi connectivity index (χ0) is 18.8. The van der Waals surface area contributed by atoms with E-state index in [1.54, 1.807) is 6.07 Å². The highest BCUT2D eigenvalue weighted by molar-refractivity contribution is 6.11. The molecule has 0 unspecified atom stereocenters. The zero-order valence-electron chi connectivity index (χ0n) is 14.7. The van der Waals surface area contributed by atoms with Crippen LogP contribution >= 0.6 is 0 Å². The summed E-state index contributed by atoms with van der Waals surface area (Å²) in [6.45, 7) is 3.90. The van der Waals surface area contributed by atoms with Crippen LogP contribution in [-0.2, 0) is 4.79 Å². The monoisotopic (exact) mass is 354 g/mol. The molecule has 132 valence electrons. The Bertz CT molecular complexity index is 989. The first-order chi connectivity index (χ1) is 13.1. The van der Waals surface area contributed by atoms with E-state index in [1.165, 1.54) is 4.90 Å². The molecule has 0 atom stereocenters. The van der Waals surface area contributed by atoms with Gasteiger partial charge in [0.25, 0.3) is 5.91 Å². The van der Waals surface area contributed by atoms with E-state index in [-0.39, 0.29) is 18.4 Å². The van der Waals surface area contributed by atoms with E-state index in [0.29, 0.717) is 16.9 Å². The van der Waals surface area contributed by atoms with Gasteiger partial charge in [-0.25, -0.2) is 0 Å². The number of nitrogens with one attached hydrogen (secondary N) is 1. The minimum absolute atomic E-state index is 0.0627. The van der Waals surface area contributed by atoms with E-state index in [2.05, 4.69) is 11.9 Å². The molecule has 1 aliphatic heterocycles. The van der Waals surface area contributed by atoms with E-state index in [1.807, 2.05) is 72.8 Å². The quantitative estimate of drug-likeness (QED) is 0.754. The molecule has 0 fully saturated rings. The molecule has 4 nitrogen and oxygen atoms in total. The number of hydrogen-bond acceptors (Lipinski definition) is 2. The smallest absolute Gasteiger partial charge is 0.259 e. The van der Waals surface area contributed by atoms with Crippen LogP contribution in [0.1, 0.15) is 15.9 Å². The number of nitrogens with zero attached hydrogens (tertiary/aromatic N) is 1. The molecular formula is C23H18N2O2. The van der Waals surface area contributed by atoms with Crippen molar-refractivity contribution in [2.75, 3.05) is 11.9 Å². The van der Waals surface area contributed by atoms with Crippen LogP contribution in [-0.4, -0.2) is 23.3 Å². The lowest BCUT2D eigenvalue weighted by Crippen LogP contribution is -2.32. The average molecular weight is 354 g/mol. The summed E-state index contributed by atoms with van der Waals surface area (Å²) < 4.78 is 0. The summed E-state index contributed by atoms with van der Waals surface area (Å²) in [7, 11) is 0. The molecule has 4 heteroatoms. The molecule has 3 aromatic rings. The van der Waals surface area contributed by atoms with Gasteiger partial charge in [-0.15, -0.1) is 0 Å². The first kappa shape index (κ1) is 16.8. The summed E-state index contributed by atoms with van der Waals surface area (Å²) in [5, 5.41) is 2.84. The highest BCUT2D eigenvalue weighted by atomic mass is 16.2. The van der Waals surface area contributed by atoms with Crippen LogP contribution < -0.4 is 5.32 Å². The van der Waals surface area contributed by atoms with Crippen LogP contribution in [0.25, 0.3) is 16.8 Å². The second-order valence-electron chi connectivity index (χ2n) is 6.38. The van der Waals surface area contributed by atoms with E-state index in [4.69, 9.17) is 0 Å². The summed E-state index contributed by atoms with van der Waals surface area (Å²) in [5.41, 5.74) is 4.81. The molecule has 0 saturated carbocycles. The van der Waals surface area contributed by atoms with Crippen LogP contribution in [0.5, 0.6) is 0 Å². The van der Waals surface area contributed by atoms with Crippen molar-refractivity contribution < 1.29 is 9.59 Å². The fraction of sp³-hybridized carbons (Fsp3) is 0.0435. The van der Waals surface area contributed by atoms with Crippen LogP contribution in [0.15, 0.2) is 85.4 Å². The lowest BCUT2D eigenvalue weighted by molar-refractivity contribution is -0.116. The van der Waals surface area contributed by atoms with Crippen LogP contribution in [0.2, 0.25) is 0 Å². The molecule has 1 heterocycles. The summed E-state index contributed by atoms with van der Waals surface area (Å²) in [5.74, 6) is -0.449.